The summed E-state index contributed by atoms with van der Waals surface area (Å²) >= 11 is 1.51. The molecule has 19 heavy (non-hydrogen) atoms. The molecule has 0 aliphatic heterocycles. The van der Waals surface area contributed by atoms with Crippen molar-refractivity contribution in [1.82, 2.24) is 4.98 Å². The van der Waals surface area contributed by atoms with Crippen LogP contribution in [0.25, 0.3) is 0 Å². The molecule has 0 aliphatic carbocycles. The number of nitrogens with one attached hydrogen (secondary N) is 1. The van der Waals surface area contributed by atoms with Crippen molar-refractivity contribution in [1.29, 1.82) is 0 Å². The Morgan fingerprint density at radius 3 is 2.37 bits per heavy atom. The van der Waals surface area contributed by atoms with Gasteiger partial charge in [0.05, 0.1) is 4.88 Å². The predicted molar refractivity (Wildman–Crippen MR) is 81.7 cm³/mol. The minimum Gasteiger partial charge on any atom is -0.492 e. The standard InChI is InChI=1S/C15H20N2OS/c1-9(2)11-7-5-6-8-12(11)16-15-17-14(18)13(19-15)10(3)4/h5-10,18H,1-4H3,(H,16,17). The van der Waals surface area contributed by atoms with Crippen LogP contribution in [-0.2, 0) is 0 Å². The maximum absolute atomic E-state index is 9.82. The highest BCUT2D eigenvalue weighted by Gasteiger charge is 2.14. The zero-order valence-corrected chi connectivity index (χ0v) is 12.6. The number of hydrogen-bond acceptors (Lipinski definition) is 4. The number of benzene rings is 1. The molecule has 4 heteroatoms. The van der Waals surface area contributed by atoms with Crippen LogP contribution in [-0.4, -0.2) is 10.1 Å². The Morgan fingerprint density at radius 1 is 1.11 bits per heavy atom. The summed E-state index contributed by atoms with van der Waals surface area (Å²) < 4.78 is 0. The van der Waals surface area contributed by atoms with Crippen molar-refractivity contribution < 1.29 is 5.11 Å². The first-order chi connectivity index (χ1) is 8.99. The van der Waals surface area contributed by atoms with Crippen molar-refractivity contribution in [2.75, 3.05) is 5.32 Å². The number of para-hydroxylation sites is 1. The molecule has 0 unspecified atom stereocenters. The van der Waals surface area contributed by atoms with Crippen molar-refractivity contribution in [3.05, 3.63) is 34.7 Å². The summed E-state index contributed by atoms with van der Waals surface area (Å²) in [7, 11) is 0. The second kappa shape index (κ2) is 5.61. The van der Waals surface area contributed by atoms with Crippen LogP contribution >= 0.6 is 11.3 Å². The van der Waals surface area contributed by atoms with Crippen LogP contribution in [0.15, 0.2) is 24.3 Å². The molecule has 2 N–H and O–H groups in total. The van der Waals surface area contributed by atoms with Crippen molar-refractivity contribution in [3.63, 3.8) is 0 Å². The molecule has 0 radical (unpaired) electrons. The van der Waals surface area contributed by atoms with Gasteiger partial charge in [0, 0.05) is 5.69 Å². The van der Waals surface area contributed by atoms with Crippen LogP contribution in [0, 0.1) is 0 Å². The van der Waals surface area contributed by atoms with Crippen LogP contribution in [0.2, 0.25) is 0 Å². The molecule has 0 amide bonds. The molecular formula is C15H20N2OS. The molecule has 0 spiro atoms. The Kier molecular flexibility index (Phi) is 4.10. The number of nitrogens with zero attached hydrogens (tertiary/aromatic N) is 1. The zero-order chi connectivity index (χ0) is 14.0. The van der Waals surface area contributed by atoms with Crippen LogP contribution in [0.3, 0.4) is 0 Å². The number of rotatable bonds is 4. The SMILES string of the molecule is CC(C)c1ccccc1Nc1nc(O)c(C(C)C)s1. The lowest BCUT2D eigenvalue weighted by Gasteiger charge is -2.12. The van der Waals surface area contributed by atoms with E-state index in [4.69, 9.17) is 0 Å². The average Bonchev–Trinajstić information content (AvgIpc) is 2.71. The van der Waals surface area contributed by atoms with Gasteiger partial charge in [-0.05, 0) is 23.5 Å². The first-order valence-electron chi connectivity index (χ1n) is 6.54. The van der Waals surface area contributed by atoms with E-state index in [1.807, 2.05) is 18.2 Å². The predicted octanol–water partition coefficient (Wildman–Crippen LogP) is 4.84. The highest BCUT2D eigenvalue weighted by molar-refractivity contribution is 7.16. The summed E-state index contributed by atoms with van der Waals surface area (Å²) in [5.74, 6) is 0.875. The fraction of sp³-hybridized carbons (Fsp3) is 0.400. The average molecular weight is 276 g/mol. The van der Waals surface area contributed by atoms with Gasteiger partial charge < -0.3 is 10.4 Å². The third-order valence-corrected chi connectivity index (χ3v) is 4.24. The number of aromatic nitrogens is 1. The van der Waals surface area contributed by atoms with Crippen LogP contribution < -0.4 is 5.32 Å². The van der Waals surface area contributed by atoms with E-state index in [2.05, 4.69) is 44.1 Å². The first-order valence-corrected chi connectivity index (χ1v) is 7.36. The summed E-state index contributed by atoms with van der Waals surface area (Å²) in [4.78, 5) is 5.11. The van der Waals surface area contributed by atoms with E-state index in [-0.39, 0.29) is 11.8 Å². The van der Waals surface area contributed by atoms with Gasteiger partial charge in [0.2, 0.25) is 5.88 Å². The van der Waals surface area contributed by atoms with Gasteiger partial charge in [-0.2, -0.15) is 4.98 Å². The third-order valence-electron chi connectivity index (χ3n) is 2.98. The Balaban J connectivity index is 2.29. The fourth-order valence-corrected chi connectivity index (χ4v) is 2.86. The maximum Gasteiger partial charge on any atom is 0.227 e. The molecule has 0 atom stereocenters. The smallest absolute Gasteiger partial charge is 0.227 e. The van der Waals surface area contributed by atoms with Crippen molar-refractivity contribution in [2.24, 2.45) is 0 Å². The topological polar surface area (TPSA) is 45.2 Å². The van der Waals surface area contributed by atoms with Gasteiger partial charge in [0.15, 0.2) is 5.13 Å². The van der Waals surface area contributed by atoms with Gasteiger partial charge in [0.25, 0.3) is 0 Å². The number of hydrogen-bond donors (Lipinski definition) is 2. The zero-order valence-electron chi connectivity index (χ0n) is 11.8. The minimum absolute atomic E-state index is 0.143. The summed E-state index contributed by atoms with van der Waals surface area (Å²) in [6, 6.07) is 8.21. The molecular weight excluding hydrogens is 256 g/mol. The highest BCUT2D eigenvalue weighted by Crippen LogP contribution is 2.36. The first kappa shape index (κ1) is 13.9. The van der Waals surface area contributed by atoms with E-state index in [0.717, 1.165) is 15.7 Å². The van der Waals surface area contributed by atoms with Gasteiger partial charge in [-0.1, -0.05) is 57.2 Å². The second-order valence-corrected chi connectivity index (χ2v) is 6.26. The molecule has 0 bridgehead atoms. The monoisotopic (exact) mass is 276 g/mol. The quantitative estimate of drug-likeness (QED) is 0.840. The van der Waals surface area contributed by atoms with E-state index in [1.54, 1.807) is 0 Å². The van der Waals surface area contributed by atoms with Gasteiger partial charge >= 0.3 is 0 Å². The van der Waals surface area contributed by atoms with E-state index in [1.165, 1.54) is 16.9 Å². The molecule has 1 aromatic carbocycles. The number of anilines is 2. The fourth-order valence-electron chi connectivity index (χ4n) is 1.98. The lowest BCUT2D eigenvalue weighted by atomic mass is 10.0. The molecule has 0 saturated carbocycles. The Morgan fingerprint density at radius 2 is 1.79 bits per heavy atom. The molecule has 0 fully saturated rings. The molecule has 0 saturated heterocycles. The normalized spacial score (nSPS) is 11.3. The van der Waals surface area contributed by atoms with E-state index in [9.17, 15) is 5.11 Å². The Hall–Kier alpha value is -1.55. The van der Waals surface area contributed by atoms with Crippen molar-refractivity contribution in [2.45, 2.75) is 39.5 Å². The molecule has 1 aromatic heterocycles. The molecule has 1 heterocycles. The lowest BCUT2D eigenvalue weighted by molar-refractivity contribution is 0.449. The molecule has 2 rings (SSSR count). The summed E-state index contributed by atoms with van der Waals surface area (Å²) in [5, 5.41) is 13.9. The Bertz CT molecular complexity index is 561. The van der Waals surface area contributed by atoms with Gasteiger partial charge in [0.1, 0.15) is 0 Å². The van der Waals surface area contributed by atoms with Gasteiger partial charge in [-0.25, -0.2) is 0 Å². The molecule has 3 nitrogen and oxygen atoms in total. The minimum atomic E-state index is 0.143. The lowest BCUT2D eigenvalue weighted by Crippen LogP contribution is -1.96. The third kappa shape index (κ3) is 3.07. The van der Waals surface area contributed by atoms with E-state index >= 15 is 0 Å². The largest absolute Gasteiger partial charge is 0.492 e. The van der Waals surface area contributed by atoms with Gasteiger partial charge in [-0.3, -0.25) is 0 Å². The molecule has 2 aromatic rings. The maximum atomic E-state index is 9.82. The van der Waals surface area contributed by atoms with Crippen LogP contribution in [0.5, 0.6) is 5.88 Å². The second-order valence-electron chi connectivity index (χ2n) is 5.23. The summed E-state index contributed by atoms with van der Waals surface area (Å²) in [5.41, 5.74) is 2.31. The molecule has 102 valence electrons. The van der Waals surface area contributed by atoms with Crippen molar-refractivity contribution >= 4 is 22.2 Å². The summed E-state index contributed by atoms with van der Waals surface area (Å²) in [6.07, 6.45) is 0. The molecule has 0 aliphatic rings. The van der Waals surface area contributed by atoms with Crippen LogP contribution in [0.4, 0.5) is 10.8 Å². The van der Waals surface area contributed by atoms with Gasteiger partial charge in [-0.15, -0.1) is 0 Å². The highest BCUT2D eigenvalue weighted by atomic mass is 32.1. The number of thiazole rings is 1. The summed E-state index contributed by atoms with van der Waals surface area (Å²) in [6.45, 7) is 8.44. The van der Waals surface area contributed by atoms with E-state index in [0.29, 0.717) is 5.92 Å². The Labute approximate surface area is 118 Å². The van der Waals surface area contributed by atoms with E-state index < -0.39 is 0 Å². The van der Waals surface area contributed by atoms with Crippen molar-refractivity contribution in [3.8, 4) is 5.88 Å². The van der Waals surface area contributed by atoms with Crippen LogP contribution in [0.1, 0.15) is 50.0 Å². The number of aromatic hydroxyl groups is 1.